The highest BCUT2D eigenvalue weighted by Crippen LogP contribution is 2.15. The van der Waals surface area contributed by atoms with E-state index in [9.17, 15) is 9.59 Å². The van der Waals surface area contributed by atoms with Gasteiger partial charge >= 0.3 is 0 Å². The molecule has 102 valence electrons. The minimum Gasteiger partial charge on any atom is -0.378 e. The van der Waals surface area contributed by atoms with E-state index >= 15 is 0 Å². The number of hydrogen-bond acceptors (Lipinski definition) is 4. The summed E-state index contributed by atoms with van der Waals surface area (Å²) in [7, 11) is 3.81. The first kappa shape index (κ1) is 13.3. The van der Waals surface area contributed by atoms with Crippen molar-refractivity contribution in [2.24, 2.45) is 0 Å². The Balaban J connectivity index is 2.16. The van der Waals surface area contributed by atoms with Crippen molar-refractivity contribution >= 4 is 17.5 Å². The summed E-state index contributed by atoms with van der Waals surface area (Å²) in [6.07, 6.45) is 1.61. The molecule has 0 aliphatic carbocycles. The van der Waals surface area contributed by atoms with E-state index in [1.807, 2.05) is 32.0 Å². The highest BCUT2D eigenvalue weighted by atomic mass is 16.2. The van der Waals surface area contributed by atoms with Gasteiger partial charge in [-0.25, -0.2) is 0 Å². The van der Waals surface area contributed by atoms with E-state index < -0.39 is 0 Å². The van der Waals surface area contributed by atoms with Crippen LogP contribution in [0.3, 0.4) is 0 Å². The van der Waals surface area contributed by atoms with Gasteiger partial charge in [-0.05, 0) is 19.1 Å². The number of carbonyl (C=O) groups excluding carboxylic acids is 2. The molecule has 2 rings (SSSR count). The number of hydrogen-bond donors (Lipinski definition) is 0. The molecule has 6 nitrogen and oxygen atoms in total. The number of carbonyl (C=O) groups is 2. The van der Waals surface area contributed by atoms with E-state index in [0.29, 0.717) is 18.9 Å². The first-order valence-electron chi connectivity index (χ1n) is 6.23. The van der Waals surface area contributed by atoms with E-state index in [4.69, 9.17) is 0 Å². The van der Waals surface area contributed by atoms with Gasteiger partial charge in [0.15, 0.2) is 0 Å². The average Bonchev–Trinajstić information content (AvgIpc) is 2.79. The summed E-state index contributed by atoms with van der Waals surface area (Å²) < 4.78 is 0. The number of amides is 2. The maximum atomic E-state index is 12.3. The summed E-state index contributed by atoms with van der Waals surface area (Å²) in [6, 6.07) is 3.58. The Hall–Kier alpha value is -2.11. The highest BCUT2D eigenvalue weighted by molar-refractivity contribution is 5.97. The molecule has 1 fully saturated rings. The van der Waals surface area contributed by atoms with E-state index in [-0.39, 0.29) is 18.4 Å². The molecule has 1 aliphatic rings. The van der Waals surface area contributed by atoms with Gasteiger partial charge < -0.3 is 14.7 Å². The Morgan fingerprint density at radius 3 is 2.79 bits per heavy atom. The minimum absolute atomic E-state index is 0.0142. The maximum absolute atomic E-state index is 12.3. The summed E-state index contributed by atoms with van der Waals surface area (Å²) >= 11 is 0. The second-order valence-electron chi connectivity index (χ2n) is 4.69. The number of pyridine rings is 1. The van der Waals surface area contributed by atoms with E-state index in [1.54, 1.807) is 17.2 Å². The summed E-state index contributed by atoms with van der Waals surface area (Å²) in [4.78, 5) is 33.1. The number of nitrogens with zero attached hydrogens (tertiary/aromatic N) is 4. The molecule has 0 N–H and O–H groups in total. The third-order valence-electron chi connectivity index (χ3n) is 3.17. The molecular formula is C13H18N4O2. The van der Waals surface area contributed by atoms with Crippen molar-refractivity contribution in [2.45, 2.75) is 6.92 Å². The van der Waals surface area contributed by atoms with Gasteiger partial charge in [0.1, 0.15) is 12.2 Å². The molecule has 0 atom stereocenters. The van der Waals surface area contributed by atoms with Crippen molar-refractivity contribution in [3.63, 3.8) is 0 Å². The van der Waals surface area contributed by atoms with Gasteiger partial charge in [0, 0.05) is 32.5 Å². The molecule has 1 aromatic heterocycles. The monoisotopic (exact) mass is 262 g/mol. The SMILES string of the molecule is CCN1CN(C(=O)c2cc(N(C)C)ccn2)CC1=O. The van der Waals surface area contributed by atoms with Crippen molar-refractivity contribution in [2.75, 3.05) is 38.8 Å². The number of anilines is 1. The first-order valence-corrected chi connectivity index (χ1v) is 6.23. The zero-order valence-corrected chi connectivity index (χ0v) is 11.5. The molecule has 0 unspecified atom stereocenters. The fourth-order valence-electron chi connectivity index (χ4n) is 1.99. The van der Waals surface area contributed by atoms with Gasteiger partial charge in [-0.2, -0.15) is 0 Å². The van der Waals surface area contributed by atoms with Gasteiger partial charge in [0.2, 0.25) is 5.91 Å². The van der Waals surface area contributed by atoms with Crippen LogP contribution in [-0.2, 0) is 4.79 Å². The Morgan fingerprint density at radius 2 is 2.21 bits per heavy atom. The molecule has 0 aromatic carbocycles. The summed E-state index contributed by atoms with van der Waals surface area (Å²) in [5.74, 6) is -0.215. The van der Waals surface area contributed by atoms with Gasteiger partial charge in [-0.15, -0.1) is 0 Å². The molecule has 0 bridgehead atoms. The average molecular weight is 262 g/mol. The lowest BCUT2D eigenvalue weighted by Crippen LogP contribution is -2.31. The topological polar surface area (TPSA) is 56.8 Å². The molecule has 19 heavy (non-hydrogen) atoms. The molecule has 0 spiro atoms. The van der Waals surface area contributed by atoms with Crippen LogP contribution in [0.1, 0.15) is 17.4 Å². The maximum Gasteiger partial charge on any atom is 0.274 e. The lowest BCUT2D eigenvalue weighted by atomic mass is 10.3. The zero-order valence-electron chi connectivity index (χ0n) is 11.5. The normalized spacial score (nSPS) is 15.0. The largest absolute Gasteiger partial charge is 0.378 e. The van der Waals surface area contributed by atoms with E-state index in [0.717, 1.165) is 5.69 Å². The second kappa shape index (κ2) is 5.26. The molecule has 6 heteroatoms. The lowest BCUT2D eigenvalue weighted by molar-refractivity contribution is -0.126. The molecule has 1 aliphatic heterocycles. The number of rotatable bonds is 3. The predicted molar refractivity (Wildman–Crippen MR) is 71.9 cm³/mol. The smallest absolute Gasteiger partial charge is 0.274 e. The fourth-order valence-corrected chi connectivity index (χ4v) is 1.99. The standard InChI is InChI=1S/C13H18N4O2/c1-4-16-9-17(8-12(16)18)13(19)11-7-10(15(2)3)5-6-14-11/h5-7H,4,8-9H2,1-3H3. The molecule has 2 amide bonds. The van der Waals surface area contributed by atoms with Crippen molar-refractivity contribution in [3.8, 4) is 0 Å². The van der Waals surface area contributed by atoms with Crippen LogP contribution in [0.5, 0.6) is 0 Å². The quantitative estimate of drug-likeness (QED) is 0.791. The number of likely N-dealkylation sites (N-methyl/N-ethyl adjacent to an activating group) is 1. The van der Waals surface area contributed by atoms with Gasteiger partial charge in [0.25, 0.3) is 5.91 Å². The molecule has 1 saturated heterocycles. The van der Waals surface area contributed by atoms with E-state index in [1.165, 1.54) is 4.90 Å². The second-order valence-corrected chi connectivity index (χ2v) is 4.69. The van der Waals surface area contributed by atoms with Gasteiger partial charge in [-0.1, -0.05) is 0 Å². The summed E-state index contributed by atoms with van der Waals surface area (Å²) in [6.45, 7) is 3.01. The Bertz CT molecular complexity index is 501. The van der Waals surface area contributed by atoms with Crippen molar-refractivity contribution < 1.29 is 9.59 Å². The van der Waals surface area contributed by atoms with Crippen LogP contribution in [0.25, 0.3) is 0 Å². The van der Waals surface area contributed by atoms with Crippen LogP contribution in [0.2, 0.25) is 0 Å². The molecule has 1 aromatic rings. The summed E-state index contributed by atoms with van der Waals surface area (Å²) in [5, 5.41) is 0. The van der Waals surface area contributed by atoms with Crippen molar-refractivity contribution in [3.05, 3.63) is 24.0 Å². The fraction of sp³-hybridized carbons (Fsp3) is 0.462. The number of aromatic nitrogens is 1. The van der Waals surface area contributed by atoms with E-state index in [2.05, 4.69) is 4.98 Å². The van der Waals surface area contributed by atoms with Crippen LogP contribution in [0.4, 0.5) is 5.69 Å². The highest BCUT2D eigenvalue weighted by Gasteiger charge is 2.30. The van der Waals surface area contributed by atoms with Crippen LogP contribution in [0.15, 0.2) is 18.3 Å². The Kier molecular flexibility index (Phi) is 3.69. The Morgan fingerprint density at radius 1 is 1.47 bits per heavy atom. The Labute approximate surface area is 112 Å². The molecule has 2 heterocycles. The predicted octanol–water partition coefficient (Wildman–Crippen LogP) is 0.409. The lowest BCUT2D eigenvalue weighted by Gasteiger charge is -2.17. The van der Waals surface area contributed by atoms with Gasteiger partial charge in [-0.3, -0.25) is 14.6 Å². The molecule has 0 saturated carbocycles. The third kappa shape index (κ3) is 2.67. The van der Waals surface area contributed by atoms with Gasteiger partial charge in [0.05, 0.1) is 6.67 Å². The third-order valence-corrected chi connectivity index (χ3v) is 3.17. The van der Waals surface area contributed by atoms with Crippen LogP contribution >= 0.6 is 0 Å². The van der Waals surface area contributed by atoms with Crippen LogP contribution in [-0.4, -0.2) is 60.5 Å². The first-order chi connectivity index (χ1) is 9.02. The minimum atomic E-state index is -0.201. The van der Waals surface area contributed by atoms with Crippen molar-refractivity contribution in [1.82, 2.24) is 14.8 Å². The molecule has 0 radical (unpaired) electrons. The van der Waals surface area contributed by atoms with Crippen molar-refractivity contribution in [1.29, 1.82) is 0 Å². The van der Waals surface area contributed by atoms with Crippen LogP contribution < -0.4 is 4.90 Å². The summed E-state index contributed by atoms with van der Waals surface area (Å²) in [5.41, 5.74) is 1.29. The van der Waals surface area contributed by atoms with Crippen LogP contribution in [0, 0.1) is 0 Å². The zero-order chi connectivity index (χ0) is 14.0. The molecular weight excluding hydrogens is 244 g/mol.